The molecule has 76 valence electrons. The Labute approximate surface area is 79.1 Å². The van der Waals surface area contributed by atoms with Gasteiger partial charge in [-0.15, -0.1) is 0 Å². The van der Waals surface area contributed by atoms with Gasteiger partial charge in [-0.05, 0) is 0 Å². The highest BCUT2D eigenvalue weighted by atomic mass is 16.5. The lowest BCUT2D eigenvalue weighted by molar-refractivity contribution is -0.127. The van der Waals surface area contributed by atoms with Gasteiger partial charge in [0.25, 0.3) is 11.8 Å². The van der Waals surface area contributed by atoms with Crippen molar-refractivity contribution in [3.05, 3.63) is 0 Å². The summed E-state index contributed by atoms with van der Waals surface area (Å²) < 4.78 is 9.52. The average Bonchev–Trinajstić information content (AvgIpc) is 2.73. The van der Waals surface area contributed by atoms with Gasteiger partial charge < -0.3 is 9.47 Å². The summed E-state index contributed by atoms with van der Waals surface area (Å²) >= 11 is 0. The van der Waals surface area contributed by atoms with Crippen LogP contribution in [-0.2, 0) is 19.1 Å². The van der Waals surface area contributed by atoms with Crippen LogP contribution in [-0.4, -0.2) is 54.3 Å². The molecule has 0 bridgehead atoms. The predicted molar refractivity (Wildman–Crippen MR) is 40.7 cm³/mol. The molecule has 7 nitrogen and oxygen atoms in total. The first kappa shape index (κ1) is 9.10. The zero-order valence-electron chi connectivity index (χ0n) is 7.26. The van der Waals surface area contributed by atoms with Gasteiger partial charge in [-0.3, -0.25) is 9.59 Å². The Morgan fingerprint density at radius 3 is 1.71 bits per heavy atom. The van der Waals surface area contributed by atoms with Crippen molar-refractivity contribution in [1.29, 1.82) is 0 Å². The van der Waals surface area contributed by atoms with Gasteiger partial charge in [0.2, 0.25) is 0 Å². The van der Waals surface area contributed by atoms with Crippen molar-refractivity contribution in [2.75, 3.05) is 26.7 Å². The number of carbonyl (C=O) groups excluding carboxylic acids is 3. The first-order chi connectivity index (χ1) is 6.70. The fourth-order valence-electron chi connectivity index (χ4n) is 1.22. The molecule has 14 heavy (non-hydrogen) atoms. The summed E-state index contributed by atoms with van der Waals surface area (Å²) in [5, 5.41) is 0. The molecule has 0 N–H and O–H groups in total. The Morgan fingerprint density at radius 2 is 1.43 bits per heavy atom. The van der Waals surface area contributed by atoms with Crippen LogP contribution in [0, 0.1) is 0 Å². The molecule has 0 atom stereocenters. The maximum atomic E-state index is 11.5. The van der Waals surface area contributed by atoms with E-state index < -0.39 is 17.8 Å². The topological polar surface area (TPSA) is 76.2 Å². The van der Waals surface area contributed by atoms with E-state index in [0.29, 0.717) is 0 Å². The lowest BCUT2D eigenvalue weighted by Crippen LogP contribution is -2.45. The van der Waals surface area contributed by atoms with Crippen LogP contribution in [0.5, 0.6) is 0 Å². The number of hydrogen-bond donors (Lipinski definition) is 0. The molecular formula is C7H8N2O5. The van der Waals surface area contributed by atoms with Crippen LogP contribution in [0.4, 0.5) is 4.79 Å². The fourth-order valence-corrected chi connectivity index (χ4v) is 1.22. The minimum atomic E-state index is -0.671. The molecule has 2 aliphatic heterocycles. The van der Waals surface area contributed by atoms with Crippen molar-refractivity contribution in [2.24, 2.45) is 0 Å². The van der Waals surface area contributed by atoms with Gasteiger partial charge in [-0.1, -0.05) is 0 Å². The van der Waals surface area contributed by atoms with Gasteiger partial charge in [0.05, 0.1) is 0 Å². The van der Waals surface area contributed by atoms with E-state index in [9.17, 15) is 14.4 Å². The first-order valence-corrected chi connectivity index (χ1v) is 4.00. The highest BCUT2D eigenvalue weighted by Crippen LogP contribution is 2.10. The van der Waals surface area contributed by atoms with Crippen molar-refractivity contribution in [1.82, 2.24) is 9.80 Å². The van der Waals surface area contributed by atoms with Crippen molar-refractivity contribution in [3.63, 3.8) is 0 Å². The number of nitrogens with zero attached hydrogens (tertiary/aromatic N) is 2. The number of ether oxygens (including phenoxy) is 2. The SMILES string of the molecule is O=C1COCN1C(=O)N1COCC1=O. The van der Waals surface area contributed by atoms with Gasteiger partial charge in [-0.2, -0.15) is 0 Å². The number of rotatable bonds is 0. The van der Waals surface area contributed by atoms with Crippen LogP contribution in [0.2, 0.25) is 0 Å². The largest absolute Gasteiger partial charge is 0.351 e. The van der Waals surface area contributed by atoms with Crippen molar-refractivity contribution in [2.45, 2.75) is 0 Å². The van der Waals surface area contributed by atoms with E-state index in [2.05, 4.69) is 0 Å². The maximum absolute atomic E-state index is 11.5. The van der Waals surface area contributed by atoms with E-state index >= 15 is 0 Å². The zero-order valence-corrected chi connectivity index (χ0v) is 7.26. The zero-order chi connectivity index (χ0) is 10.1. The number of urea groups is 1. The van der Waals surface area contributed by atoms with E-state index in [-0.39, 0.29) is 26.7 Å². The Kier molecular flexibility index (Phi) is 2.18. The predicted octanol–water partition coefficient (Wildman–Crippen LogP) is -1.26. The Morgan fingerprint density at radius 1 is 1.00 bits per heavy atom. The van der Waals surface area contributed by atoms with E-state index in [1.165, 1.54) is 0 Å². The molecule has 0 aromatic heterocycles. The summed E-state index contributed by atoms with van der Waals surface area (Å²) in [5.74, 6) is -0.871. The van der Waals surface area contributed by atoms with Crippen LogP contribution in [0.25, 0.3) is 0 Å². The van der Waals surface area contributed by atoms with Crippen molar-refractivity contribution in [3.8, 4) is 0 Å². The van der Waals surface area contributed by atoms with Gasteiger partial charge in [0, 0.05) is 0 Å². The molecule has 0 saturated carbocycles. The molecule has 0 aromatic rings. The first-order valence-electron chi connectivity index (χ1n) is 4.00. The van der Waals surface area contributed by atoms with Crippen LogP contribution in [0.1, 0.15) is 0 Å². The molecule has 0 aliphatic carbocycles. The maximum Gasteiger partial charge on any atom is 0.337 e. The van der Waals surface area contributed by atoms with Crippen molar-refractivity contribution >= 4 is 17.8 Å². The second-order valence-corrected chi connectivity index (χ2v) is 2.88. The minimum absolute atomic E-state index is 0.0958. The molecule has 7 heteroatoms. The molecule has 2 rings (SSSR count). The van der Waals surface area contributed by atoms with E-state index in [4.69, 9.17) is 9.47 Å². The average molecular weight is 200 g/mol. The lowest BCUT2D eigenvalue weighted by Gasteiger charge is -2.17. The molecule has 2 aliphatic rings. The molecule has 0 unspecified atom stereocenters. The third-order valence-corrected chi connectivity index (χ3v) is 1.96. The summed E-state index contributed by atoms with van der Waals surface area (Å²) in [4.78, 5) is 35.4. The molecule has 2 fully saturated rings. The molecular weight excluding hydrogens is 192 g/mol. The quantitative estimate of drug-likeness (QED) is 0.487. The lowest BCUT2D eigenvalue weighted by atomic mass is 10.5. The van der Waals surface area contributed by atoms with Gasteiger partial charge in [0.15, 0.2) is 0 Å². The van der Waals surface area contributed by atoms with Crippen molar-refractivity contribution < 1.29 is 23.9 Å². The Bertz CT molecular complexity index is 274. The third-order valence-electron chi connectivity index (χ3n) is 1.96. The van der Waals surface area contributed by atoms with Crippen LogP contribution < -0.4 is 0 Å². The van der Waals surface area contributed by atoms with Gasteiger partial charge in [-0.25, -0.2) is 14.6 Å². The number of carbonyl (C=O) groups is 3. The summed E-state index contributed by atoms with van der Waals surface area (Å²) in [6, 6.07) is -0.671. The highest BCUT2D eigenvalue weighted by Gasteiger charge is 2.36. The Balaban J connectivity index is 2.07. The van der Waals surface area contributed by atoms with Crippen LogP contribution >= 0.6 is 0 Å². The second-order valence-electron chi connectivity index (χ2n) is 2.88. The second kappa shape index (κ2) is 3.35. The molecule has 2 saturated heterocycles. The van der Waals surface area contributed by atoms with Gasteiger partial charge >= 0.3 is 6.03 Å². The molecule has 0 aromatic carbocycles. The summed E-state index contributed by atoms with van der Waals surface area (Å²) in [6.07, 6.45) is 0. The minimum Gasteiger partial charge on any atom is -0.351 e. The monoisotopic (exact) mass is 200 g/mol. The molecule has 0 radical (unpaired) electrons. The number of amides is 4. The standard InChI is InChI=1S/C7H8N2O5/c10-5-1-13-3-8(5)7(12)9-4-14-2-6(9)11/h1-4H2. The molecule has 4 amide bonds. The van der Waals surface area contributed by atoms with Gasteiger partial charge in [0.1, 0.15) is 26.7 Å². The smallest absolute Gasteiger partial charge is 0.337 e. The number of imide groups is 2. The molecule has 0 spiro atoms. The van der Waals surface area contributed by atoms with E-state index in [1.807, 2.05) is 0 Å². The highest BCUT2D eigenvalue weighted by molar-refractivity contribution is 6.03. The van der Waals surface area contributed by atoms with Crippen LogP contribution in [0.15, 0.2) is 0 Å². The summed E-state index contributed by atoms with van der Waals surface area (Å²) in [7, 11) is 0. The summed E-state index contributed by atoms with van der Waals surface area (Å²) in [6.45, 7) is -0.424. The number of hydrogen-bond acceptors (Lipinski definition) is 5. The Hall–Kier alpha value is -1.47. The third kappa shape index (κ3) is 1.36. The fraction of sp³-hybridized carbons (Fsp3) is 0.571. The van der Waals surface area contributed by atoms with E-state index in [0.717, 1.165) is 9.80 Å². The summed E-state index contributed by atoms with van der Waals surface area (Å²) in [5.41, 5.74) is 0. The normalized spacial score (nSPS) is 22.3. The van der Waals surface area contributed by atoms with E-state index in [1.54, 1.807) is 0 Å². The molecule has 2 heterocycles. The van der Waals surface area contributed by atoms with Crippen LogP contribution in [0.3, 0.4) is 0 Å².